The van der Waals surface area contributed by atoms with Crippen LogP contribution >= 0.6 is 0 Å². The first kappa shape index (κ1) is 14.1. The second kappa shape index (κ2) is 6.31. The maximum Gasteiger partial charge on any atom is 0.224 e. The molecule has 3 nitrogen and oxygen atoms in total. The van der Waals surface area contributed by atoms with Crippen molar-refractivity contribution in [2.24, 2.45) is 0 Å². The first-order valence-corrected chi connectivity index (χ1v) is 7.24. The number of hydrogen-bond donors (Lipinski definition) is 2. The number of aromatic hydroxyl groups is 1. The Morgan fingerprint density at radius 2 is 1.64 bits per heavy atom. The fraction of sp³-hybridized carbons (Fsp3) is 0.105. The Hall–Kier alpha value is -2.81. The lowest BCUT2D eigenvalue weighted by molar-refractivity contribution is -0.120. The summed E-state index contributed by atoms with van der Waals surface area (Å²) in [6.07, 6.45) is 0.340. The predicted molar refractivity (Wildman–Crippen MR) is 87.6 cm³/mol. The van der Waals surface area contributed by atoms with E-state index in [1.54, 1.807) is 6.07 Å². The smallest absolute Gasteiger partial charge is 0.224 e. The second-order valence-electron chi connectivity index (χ2n) is 5.22. The molecule has 0 atom stereocenters. The maximum absolute atomic E-state index is 12.0. The Bertz CT molecular complexity index is 797. The van der Waals surface area contributed by atoms with Gasteiger partial charge in [0.05, 0.1) is 6.42 Å². The van der Waals surface area contributed by atoms with Crippen molar-refractivity contribution in [1.82, 2.24) is 5.32 Å². The molecule has 0 fully saturated rings. The number of carbonyl (C=O) groups is 1. The molecule has 0 spiro atoms. The lowest BCUT2D eigenvalue weighted by Gasteiger charge is -2.10. The van der Waals surface area contributed by atoms with Crippen LogP contribution in [-0.4, -0.2) is 11.0 Å². The van der Waals surface area contributed by atoms with Gasteiger partial charge < -0.3 is 10.4 Å². The van der Waals surface area contributed by atoms with Gasteiger partial charge in [0.25, 0.3) is 0 Å². The van der Waals surface area contributed by atoms with Crippen molar-refractivity contribution >= 4 is 16.7 Å². The largest absolute Gasteiger partial charge is 0.508 e. The van der Waals surface area contributed by atoms with Crippen molar-refractivity contribution in [3.8, 4) is 5.75 Å². The van der Waals surface area contributed by atoms with Gasteiger partial charge in [-0.25, -0.2) is 0 Å². The molecule has 2 N–H and O–H groups in total. The van der Waals surface area contributed by atoms with E-state index in [2.05, 4.69) is 5.32 Å². The lowest BCUT2D eigenvalue weighted by Crippen LogP contribution is -2.24. The van der Waals surface area contributed by atoms with Crippen LogP contribution in [-0.2, 0) is 17.8 Å². The molecule has 1 amide bonds. The molecule has 0 radical (unpaired) electrons. The van der Waals surface area contributed by atoms with Crippen molar-refractivity contribution in [2.45, 2.75) is 13.0 Å². The third-order valence-corrected chi connectivity index (χ3v) is 3.69. The van der Waals surface area contributed by atoms with E-state index in [-0.39, 0.29) is 11.7 Å². The van der Waals surface area contributed by atoms with Crippen LogP contribution in [0.2, 0.25) is 0 Å². The van der Waals surface area contributed by atoms with Crippen LogP contribution in [0.3, 0.4) is 0 Å². The van der Waals surface area contributed by atoms with Crippen LogP contribution in [0, 0.1) is 0 Å². The molecule has 3 aromatic rings. The molecule has 0 saturated carbocycles. The topological polar surface area (TPSA) is 49.3 Å². The maximum atomic E-state index is 12.0. The zero-order chi connectivity index (χ0) is 15.4. The summed E-state index contributed by atoms with van der Waals surface area (Å²) in [6.45, 7) is 0.318. The molecule has 22 heavy (non-hydrogen) atoms. The summed E-state index contributed by atoms with van der Waals surface area (Å²) in [5.74, 6) is 0.150. The van der Waals surface area contributed by atoms with Gasteiger partial charge in [0.1, 0.15) is 5.75 Å². The Labute approximate surface area is 129 Å². The monoisotopic (exact) mass is 291 g/mol. The van der Waals surface area contributed by atoms with Crippen LogP contribution in [0.1, 0.15) is 11.1 Å². The van der Waals surface area contributed by atoms with Crippen molar-refractivity contribution in [2.75, 3.05) is 0 Å². The van der Waals surface area contributed by atoms with Gasteiger partial charge in [-0.1, -0.05) is 60.7 Å². The van der Waals surface area contributed by atoms with Gasteiger partial charge in [-0.05, 0) is 22.4 Å². The average molecular weight is 291 g/mol. The highest BCUT2D eigenvalue weighted by atomic mass is 16.3. The molecule has 0 aromatic heterocycles. The van der Waals surface area contributed by atoms with E-state index < -0.39 is 0 Å². The summed E-state index contributed by atoms with van der Waals surface area (Å²) in [6, 6.07) is 21.0. The summed E-state index contributed by atoms with van der Waals surface area (Å²) in [4.78, 5) is 12.0. The number of hydrogen-bond acceptors (Lipinski definition) is 2. The number of fused-ring (bicyclic) bond motifs is 1. The molecular weight excluding hydrogens is 274 g/mol. The van der Waals surface area contributed by atoms with Crippen molar-refractivity contribution in [1.29, 1.82) is 0 Å². The van der Waals surface area contributed by atoms with Crippen LogP contribution in [0.15, 0.2) is 66.7 Å². The predicted octanol–water partition coefficient (Wildman–Crippen LogP) is 3.40. The van der Waals surface area contributed by atoms with Gasteiger partial charge >= 0.3 is 0 Å². The fourth-order valence-corrected chi connectivity index (χ4v) is 2.54. The summed E-state index contributed by atoms with van der Waals surface area (Å²) in [5, 5.41) is 15.0. The van der Waals surface area contributed by atoms with Crippen molar-refractivity contribution < 1.29 is 9.90 Å². The normalized spacial score (nSPS) is 10.5. The minimum Gasteiger partial charge on any atom is -0.508 e. The van der Waals surface area contributed by atoms with E-state index in [0.717, 1.165) is 21.9 Å². The van der Waals surface area contributed by atoms with E-state index >= 15 is 0 Å². The second-order valence-corrected chi connectivity index (χ2v) is 5.22. The Morgan fingerprint density at radius 3 is 2.45 bits per heavy atom. The first-order chi connectivity index (χ1) is 10.7. The molecule has 0 aliphatic heterocycles. The van der Waals surface area contributed by atoms with E-state index in [4.69, 9.17) is 0 Å². The van der Waals surface area contributed by atoms with Gasteiger partial charge in [0, 0.05) is 12.1 Å². The fourth-order valence-electron chi connectivity index (χ4n) is 2.54. The van der Waals surface area contributed by atoms with Crippen LogP contribution in [0.25, 0.3) is 10.8 Å². The number of carbonyl (C=O) groups excluding carboxylic acids is 1. The highest BCUT2D eigenvalue weighted by Crippen LogP contribution is 2.26. The number of phenols is 1. The molecule has 3 rings (SSSR count). The van der Waals surface area contributed by atoms with Gasteiger partial charge in [-0.2, -0.15) is 0 Å². The number of benzene rings is 3. The number of nitrogens with one attached hydrogen (secondary N) is 1. The molecule has 110 valence electrons. The molecule has 0 unspecified atom stereocenters. The quantitative estimate of drug-likeness (QED) is 0.774. The van der Waals surface area contributed by atoms with Crippen molar-refractivity contribution in [3.63, 3.8) is 0 Å². The SMILES string of the molecule is O=C(Cc1ccccc1)NCc1c(O)ccc2ccccc12. The van der Waals surface area contributed by atoms with Crippen molar-refractivity contribution in [3.05, 3.63) is 77.9 Å². The number of phenolic OH excluding ortho intramolecular Hbond substituents is 1. The van der Waals surface area contributed by atoms with E-state index in [1.165, 1.54) is 0 Å². The number of rotatable bonds is 4. The third kappa shape index (κ3) is 3.09. The highest BCUT2D eigenvalue weighted by molar-refractivity contribution is 5.88. The molecule has 0 heterocycles. The van der Waals surface area contributed by atoms with Crippen LogP contribution in [0.4, 0.5) is 0 Å². The summed E-state index contributed by atoms with van der Waals surface area (Å²) in [7, 11) is 0. The Balaban J connectivity index is 1.74. The Kier molecular flexibility index (Phi) is 4.05. The molecule has 0 saturated heterocycles. The Morgan fingerprint density at radius 1 is 0.909 bits per heavy atom. The average Bonchev–Trinajstić information content (AvgIpc) is 2.55. The van der Waals surface area contributed by atoms with E-state index in [9.17, 15) is 9.90 Å². The minimum absolute atomic E-state index is 0.0569. The van der Waals surface area contributed by atoms with E-state index in [1.807, 2.05) is 60.7 Å². The van der Waals surface area contributed by atoms with Gasteiger partial charge in [0.2, 0.25) is 5.91 Å². The van der Waals surface area contributed by atoms with E-state index in [0.29, 0.717) is 13.0 Å². The highest BCUT2D eigenvalue weighted by Gasteiger charge is 2.09. The molecule has 3 heteroatoms. The molecule has 0 aliphatic carbocycles. The molecule has 3 aromatic carbocycles. The molecule has 0 bridgehead atoms. The summed E-state index contributed by atoms with van der Waals surface area (Å²) >= 11 is 0. The molecular formula is C19H17NO2. The van der Waals surface area contributed by atoms with Crippen LogP contribution < -0.4 is 5.32 Å². The van der Waals surface area contributed by atoms with Gasteiger partial charge in [-0.15, -0.1) is 0 Å². The minimum atomic E-state index is -0.0569. The van der Waals surface area contributed by atoms with Gasteiger partial charge in [-0.3, -0.25) is 4.79 Å². The van der Waals surface area contributed by atoms with Crippen LogP contribution in [0.5, 0.6) is 5.75 Å². The lowest BCUT2D eigenvalue weighted by atomic mass is 10.0. The summed E-state index contributed by atoms with van der Waals surface area (Å²) in [5.41, 5.74) is 1.72. The zero-order valence-electron chi connectivity index (χ0n) is 12.1. The summed E-state index contributed by atoms with van der Waals surface area (Å²) < 4.78 is 0. The zero-order valence-corrected chi connectivity index (χ0v) is 12.1. The first-order valence-electron chi connectivity index (χ1n) is 7.24. The third-order valence-electron chi connectivity index (χ3n) is 3.69. The number of amides is 1. The molecule has 0 aliphatic rings. The standard InChI is InChI=1S/C19H17NO2/c21-18-11-10-15-8-4-5-9-16(15)17(18)13-20-19(22)12-14-6-2-1-3-7-14/h1-11,21H,12-13H2,(H,20,22). The van der Waals surface area contributed by atoms with Gasteiger partial charge in [0.15, 0.2) is 0 Å².